The molecule has 8 nitrogen and oxygen atoms in total. The third-order valence-electron chi connectivity index (χ3n) is 4.16. The maximum Gasteiger partial charge on any atom is 0.274 e. The molecule has 0 atom stereocenters. The van der Waals surface area contributed by atoms with Gasteiger partial charge in [0.2, 0.25) is 0 Å². The smallest absolute Gasteiger partial charge is 0.274 e. The number of carbonyl (C=O) groups excluding carboxylic acids is 1. The fourth-order valence-electron chi connectivity index (χ4n) is 2.76. The van der Waals surface area contributed by atoms with E-state index in [1.807, 2.05) is 13.0 Å². The van der Waals surface area contributed by atoms with E-state index in [1.54, 1.807) is 4.90 Å². The summed E-state index contributed by atoms with van der Waals surface area (Å²) in [4.78, 5) is 36.6. The number of anilines is 1. The molecule has 2 aromatic rings. The molecular formula is C17H22N6O2. The van der Waals surface area contributed by atoms with Gasteiger partial charge in [-0.05, 0) is 13.0 Å². The summed E-state index contributed by atoms with van der Waals surface area (Å²) in [6.07, 6.45) is 0. The summed E-state index contributed by atoms with van der Waals surface area (Å²) in [6, 6.07) is 4.75. The van der Waals surface area contributed by atoms with Gasteiger partial charge in [0, 0.05) is 49.9 Å². The maximum absolute atomic E-state index is 12.4. The molecule has 0 radical (unpaired) electrons. The van der Waals surface area contributed by atoms with Crippen LogP contribution in [0.5, 0.6) is 0 Å². The van der Waals surface area contributed by atoms with E-state index in [1.165, 1.54) is 12.1 Å². The average Bonchev–Trinajstić information content (AvgIpc) is 2.61. The number of hydrogen-bond donors (Lipinski definition) is 1. The van der Waals surface area contributed by atoms with Crippen molar-refractivity contribution in [2.75, 3.05) is 31.1 Å². The molecule has 0 spiro atoms. The number of aromatic amines is 1. The molecule has 1 amide bonds. The molecule has 8 heteroatoms. The first-order valence-corrected chi connectivity index (χ1v) is 8.39. The predicted molar refractivity (Wildman–Crippen MR) is 93.8 cm³/mol. The van der Waals surface area contributed by atoms with Crippen molar-refractivity contribution in [3.05, 3.63) is 45.8 Å². The lowest BCUT2D eigenvalue weighted by molar-refractivity contribution is 0.0739. The van der Waals surface area contributed by atoms with Crippen LogP contribution in [-0.2, 0) is 0 Å². The Labute approximate surface area is 145 Å². The molecule has 3 rings (SSSR count). The Morgan fingerprint density at radius 2 is 1.88 bits per heavy atom. The minimum Gasteiger partial charge on any atom is -0.353 e. The molecule has 0 saturated carbocycles. The van der Waals surface area contributed by atoms with Crippen LogP contribution in [0.25, 0.3) is 0 Å². The van der Waals surface area contributed by atoms with Gasteiger partial charge in [-0.2, -0.15) is 5.10 Å². The highest BCUT2D eigenvalue weighted by Gasteiger charge is 2.24. The van der Waals surface area contributed by atoms with Crippen molar-refractivity contribution in [2.45, 2.75) is 26.7 Å². The number of carbonyl (C=O) groups is 1. The molecular weight excluding hydrogens is 320 g/mol. The number of H-pyrrole nitrogens is 1. The van der Waals surface area contributed by atoms with E-state index in [2.05, 4.69) is 38.9 Å². The number of aromatic nitrogens is 4. The van der Waals surface area contributed by atoms with Crippen LogP contribution in [0.3, 0.4) is 0 Å². The van der Waals surface area contributed by atoms with Crippen LogP contribution >= 0.6 is 0 Å². The second-order valence-corrected chi connectivity index (χ2v) is 6.47. The summed E-state index contributed by atoms with van der Waals surface area (Å²) in [6.45, 7) is 8.68. The summed E-state index contributed by atoms with van der Waals surface area (Å²) in [5.74, 6) is 1.85. The van der Waals surface area contributed by atoms with E-state index in [0.29, 0.717) is 26.2 Å². The Hall–Kier alpha value is -2.77. The van der Waals surface area contributed by atoms with Crippen molar-refractivity contribution in [1.82, 2.24) is 25.1 Å². The van der Waals surface area contributed by atoms with Gasteiger partial charge in [-0.15, -0.1) is 0 Å². The van der Waals surface area contributed by atoms with Crippen LogP contribution in [0, 0.1) is 6.92 Å². The molecule has 132 valence electrons. The molecule has 1 aliphatic heterocycles. The number of amides is 1. The quantitative estimate of drug-likeness (QED) is 0.892. The van der Waals surface area contributed by atoms with Crippen LogP contribution in [-0.4, -0.2) is 57.2 Å². The van der Waals surface area contributed by atoms with Crippen molar-refractivity contribution in [1.29, 1.82) is 0 Å². The van der Waals surface area contributed by atoms with Crippen molar-refractivity contribution in [3.8, 4) is 0 Å². The van der Waals surface area contributed by atoms with Crippen LogP contribution in [0.2, 0.25) is 0 Å². The van der Waals surface area contributed by atoms with E-state index < -0.39 is 0 Å². The highest BCUT2D eigenvalue weighted by Crippen LogP contribution is 2.19. The molecule has 1 fully saturated rings. The van der Waals surface area contributed by atoms with Crippen LogP contribution in [0.15, 0.2) is 23.0 Å². The second-order valence-electron chi connectivity index (χ2n) is 6.47. The zero-order valence-electron chi connectivity index (χ0n) is 14.7. The average molecular weight is 342 g/mol. The SMILES string of the molecule is Cc1cc(N2CCN(C(=O)c3ccc(=O)[nH]n3)CC2)nc(C(C)C)n1. The van der Waals surface area contributed by atoms with Gasteiger partial charge in [-0.1, -0.05) is 13.8 Å². The number of rotatable bonds is 3. The minimum atomic E-state index is -0.318. The van der Waals surface area contributed by atoms with Gasteiger partial charge in [0.15, 0.2) is 0 Å². The Kier molecular flexibility index (Phi) is 4.78. The first kappa shape index (κ1) is 17.1. The van der Waals surface area contributed by atoms with Crippen molar-refractivity contribution >= 4 is 11.7 Å². The molecule has 0 unspecified atom stereocenters. The highest BCUT2D eigenvalue weighted by molar-refractivity contribution is 5.92. The van der Waals surface area contributed by atoms with Crippen molar-refractivity contribution in [2.24, 2.45) is 0 Å². The highest BCUT2D eigenvalue weighted by atomic mass is 16.2. The molecule has 1 aliphatic rings. The number of nitrogens with one attached hydrogen (secondary N) is 1. The Bertz CT molecular complexity index is 804. The van der Waals surface area contributed by atoms with Gasteiger partial charge in [0.1, 0.15) is 17.3 Å². The molecule has 1 N–H and O–H groups in total. The van der Waals surface area contributed by atoms with Gasteiger partial charge in [-0.25, -0.2) is 15.1 Å². The van der Waals surface area contributed by atoms with Gasteiger partial charge in [0.25, 0.3) is 11.5 Å². The summed E-state index contributed by atoms with van der Waals surface area (Å²) in [5.41, 5.74) is 0.888. The topological polar surface area (TPSA) is 95.1 Å². The van der Waals surface area contributed by atoms with Crippen molar-refractivity contribution in [3.63, 3.8) is 0 Å². The van der Waals surface area contributed by atoms with E-state index >= 15 is 0 Å². The Morgan fingerprint density at radius 3 is 2.48 bits per heavy atom. The summed E-state index contributed by atoms with van der Waals surface area (Å²) >= 11 is 0. The van der Waals surface area contributed by atoms with Crippen LogP contribution in [0.4, 0.5) is 5.82 Å². The van der Waals surface area contributed by atoms with E-state index in [-0.39, 0.29) is 23.1 Å². The molecule has 2 aromatic heterocycles. The monoisotopic (exact) mass is 342 g/mol. The maximum atomic E-state index is 12.4. The van der Waals surface area contributed by atoms with E-state index in [9.17, 15) is 9.59 Å². The van der Waals surface area contributed by atoms with Gasteiger partial charge in [-0.3, -0.25) is 9.59 Å². The largest absolute Gasteiger partial charge is 0.353 e. The van der Waals surface area contributed by atoms with Gasteiger partial charge < -0.3 is 9.80 Å². The molecule has 1 saturated heterocycles. The van der Waals surface area contributed by atoms with Crippen LogP contribution < -0.4 is 10.5 Å². The summed E-state index contributed by atoms with van der Waals surface area (Å²) in [5, 5.41) is 6.11. The number of hydrogen-bond acceptors (Lipinski definition) is 6. The molecule has 25 heavy (non-hydrogen) atoms. The first-order chi connectivity index (χ1) is 11.9. The van der Waals surface area contributed by atoms with E-state index in [4.69, 9.17) is 0 Å². The third kappa shape index (κ3) is 3.84. The van der Waals surface area contributed by atoms with Gasteiger partial charge >= 0.3 is 0 Å². The number of piperazine rings is 1. The fraction of sp³-hybridized carbons (Fsp3) is 0.471. The number of nitrogens with zero attached hydrogens (tertiary/aromatic N) is 5. The van der Waals surface area contributed by atoms with E-state index in [0.717, 1.165) is 17.3 Å². The third-order valence-corrected chi connectivity index (χ3v) is 4.16. The van der Waals surface area contributed by atoms with Gasteiger partial charge in [0.05, 0.1) is 0 Å². The van der Waals surface area contributed by atoms with Crippen LogP contribution in [0.1, 0.15) is 41.8 Å². The number of aryl methyl sites for hydroxylation is 1. The minimum absolute atomic E-state index is 0.169. The zero-order chi connectivity index (χ0) is 18.0. The zero-order valence-corrected chi connectivity index (χ0v) is 14.7. The molecule has 0 bridgehead atoms. The first-order valence-electron chi connectivity index (χ1n) is 8.39. The predicted octanol–water partition coefficient (Wildman–Crippen LogP) is 0.954. The standard InChI is InChI=1S/C17H22N6O2/c1-11(2)16-18-12(3)10-14(19-16)22-6-8-23(9-7-22)17(25)13-4-5-15(24)21-20-13/h4-5,10-11H,6-9H2,1-3H3,(H,21,24). The lowest BCUT2D eigenvalue weighted by atomic mass is 10.2. The molecule has 0 aromatic carbocycles. The fourth-order valence-corrected chi connectivity index (χ4v) is 2.76. The van der Waals surface area contributed by atoms with Crippen molar-refractivity contribution < 1.29 is 4.79 Å². The second kappa shape index (κ2) is 7.00. The Morgan fingerprint density at radius 1 is 1.16 bits per heavy atom. The Balaban J connectivity index is 1.68. The lowest BCUT2D eigenvalue weighted by Gasteiger charge is -2.35. The molecule has 3 heterocycles. The normalized spacial score (nSPS) is 14.9. The summed E-state index contributed by atoms with van der Waals surface area (Å²) in [7, 11) is 0. The molecule has 0 aliphatic carbocycles. The summed E-state index contributed by atoms with van der Waals surface area (Å²) < 4.78 is 0. The lowest BCUT2D eigenvalue weighted by Crippen LogP contribution is -2.49.